The first kappa shape index (κ1) is 35.4. The van der Waals surface area contributed by atoms with Crippen LogP contribution in [0.2, 0.25) is 0 Å². The largest absolute Gasteiger partial charge is 0.412 e. The van der Waals surface area contributed by atoms with Gasteiger partial charge >= 0.3 is 12.1 Å². The van der Waals surface area contributed by atoms with Crippen molar-refractivity contribution in [2.75, 3.05) is 5.32 Å². The molecule has 3 aromatic carbocycles. The molecule has 1 aliphatic rings. The number of carbonyl (C=O) groups is 2. The van der Waals surface area contributed by atoms with Crippen molar-refractivity contribution in [2.45, 2.75) is 75.4 Å². The molecular weight excluding hydrogens is 669 g/mol. The van der Waals surface area contributed by atoms with Crippen molar-refractivity contribution in [3.63, 3.8) is 0 Å². The number of benzene rings is 3. The van der Waals surface area contributed by atoms with Gasteiger partial charge in [0, 0.05) is 53.6 Å². The number of hydrogen-bond acceptors (Lipinski definition) is 9. The monoisotopic (exact) mass is 706 g/mol. The maximum Gasteiger partial charge on any atom is 0.412 e. The summed E-state index contributed by atoms with van der Waals surface area (Å²) in [6.45, 7) is 5.59. The molecule has 15 heteroatoms. The molecule has 1 aliphatic carbocycles. The topological polar surface area (TPSA) is 182 Å². The number of thiazole rings is 1. The SMILES string of the molecule is CC(C)(C)NS(=O)(=O)c1cc(NC(=O)NCc2ccccc2)ccc1-c1cnc(C2CCC(NC(=O)Oc3ccc([N+](=O)[O-])cc3)CC2)s1. The predicted molar refractivity (Wildman–Crippen MR) is 187 cm³/mol. The number of urea groups is 1. The van der Waals surface area contributed by atoms with E-state index in [9.17, 15) is 28.1 Å². The van der Waals surface area contributed by atoms with Crippen LogP contribution in [0.25, 0.3) is 10.4 Å². The number of hydrogen-bond donors (Lipinski definition) is 4. The second kappa shape index (κ2) is 15.1. The maximum atomic E-state index is 13.7. The minimum atomic E-state index is -4.00. The van der Waals surface area contributed by atoms with E-state index in [1.54, 1.807) is 39.1 Å². The van der Waals surface area contributed by atoms with Crippen molar-refractivity contribution in [3.05, 3.63) is 99.7 Å². The van der Waals surface area contributed by atoms with Crippen molar-refractivity contribution in [3.8, 4) is 16.2 Å². The fourth-order valence-electron chi connectivity index (χ4n) is 5.46. The third-order valence-corrected chi connectivity index (χ3v) is 10.7. The Hall–Kier alpha value is -4.86. The van der Waals surface area contributed by atoms with Gasteiger partial charge in [-0.1, -0.05) is 36.4 Å². The molecule has 3 amide bonds. The third kappa shape index (κ3) is 9.84. The van der Waals surface area contributed by atoms with Gasteiger partial charge in [-0.3, -0.25) is 10.1 Å². The van der Waals surface area contributed by atoms with E-state index in [4.69, 9.17) is 4.74 Å². The number of anilines is 1. The number of sulfonamides is 1. The summed E-state index contributed by atoms with van der Waals surface area (Å²) in [7, 11) is -4.00. The molecule has 49 heavy (non-hydrogen) atoms. The first-order chi connectivity index (χ1) is 23.3. The number of nitro benzene ring substituents is 1. The Morgan fingerprint density at radius 3 is 2.35 bits per heavy atom. The van der Waals surface area contributed by atoms with E-state index in [0.717, 1.165) is 23.4 Å². The van der Waals surface area contributed by atoms with Gasteiger partial charge in [0.15, 0.2) is 0 Å². The molecule has 0 spiro atoms. The van der Waals surface area contributed by atoms with Crippen LogP contribution in [0.3, 0.4) is 0 Å². The normalized spacial score (nSPS) is 16.4. The average molecular weight is 707 g/mol. The van der Waals surface area contributed by atoms with Gasteiger partial charge in [0.1, 0.15) is 5.75 Å². The number of non-ortho nitro benzene ring substituents is 1. The van der Waals surface area contributed by atoms with Crippen LogP contribution in [0.15, 0.2) is 83.9 Å². The smallest absolute Gasteiger partial charge is 0.410 e. The highest BCUT2D eigenvalue weighted by Gasteiger charge is 2.29. The summed E-state index contributed by atoms with van der Waals surface area (Å²) in [6.07, 6.45) is 3.95. The second-order valence-electron chi connectivity index (χ2n) is 12.8. The van der Waals surface area contributed by atoms with E-state index in [-0.39, 0.29) is 28.3 Å². The average Bonchev–Trinajstić information content (AvgIpc) is 3.54. The van der Waals surface area contributed by atoms with Crippen LogP contribution < -0.4 is 25.4 Å². The molecule has 0 unspecified atom stereocenters. The van der Waals surface area contributed by atoms with Gasteiger partial charge in [-0.2, -0.15) is 0 Å². The third-order valence-electron chi connectivity index (χ3n) is 7.71. The summed E-state index contributed by atoms with van der Waals surface area (Å²) in [5.74, 6) is 0.339. The molecule has 0 bridgehead atoms. The van der Waals surface area contributed by atoms with Gasteiger partial charge in [-0.25, -0.2) is 27.7 Å². The van der Waals surface area contributed by atoms with Gasteiger partial charge in [0.05, 0.1) is 19.7 Å². The summed E-state index contributed by atoms with van der Waals surface area (Å²) in [6, 6.07) is 19.0. The maximum absolute atomic E-state index is 13.7. The molecule has 5 rings (SSSR count). The van der Waals surface area contributed by atoms with Gasteiger partial charge in [-0.15, -0.1) is 11.3 Å². The molecule has 258 valence electrons. The number of carbonyl (C=O) groups excluding carboxylic acids is 2. The number of nitrogens with one attached hydrogen (secondary N) is 4. The van der Waals surface area contributed by atoms with E-state index in [1.807, 2.05) is 30.3 Å². The Morgan fingerprint density at radius 2 is 1.69 bits per heavy atom. The predicted octanol–water partition coefficient (Wildman–Crippen LogP) is 6.93. The van der Waals surface area contributed by atoms with Gasteiger partial charge in [0.2, 0.25) is 10.0 Å². The van der Waals surface area contributed by atoms with Crippen molar-refractivity contribution in [2.24, 2.45) is 0 Å². The van der Waals surface area contributed by atoms with Gasteiger partial charge < -0.3 is 20.7 Å². The number of amides is 3. The highest BCUT2D eigenvalue weighted by Crippen LogP contribution is 2.40. The minimum absolute atomic E-state index is 0.0259. The van der Waals surface area contributed by atoms with Crippen LogP contribution in [-0.4, -0.2) is 42.0 Å². The first-order valence-corrected chi connectivity index (χ1v) is 18.0. The molecule has 4 aromatic rings. The lowest BCUT2D eigenvalue weighted by Gasteiger charge is -2.27. The number of rotatable bonds is 10. The van der Waals surface area contributed by atoms with E-state index in [2.05, 4.69) is 25.7 Å². The lowest BCUT2D eigenvalue weighted by atomic mass is 9.86. The van der Waals surface area contributed by atoms with Gasteiger partial charge in [0.25, 0.3) is 5.69 Å². The van der Waals surface area contributed by atoms with Crippen LogP contribution in [0.4, 0.5) is 21.0 Å². The fraction of sp³-hybridized carbons (Fsp3) is 0.324. The van der Waals surface area contributed by atoms with E-state index >= 15 is 0 Å². The standard InChI is InChI=1S/C34H38N6O7S2/c1-34(2,3)39-49(45,46)30-19-25(37-32(41)36-20-22-7-5-4-6-8-22)13-18-28(30)29-21-35-31(48-29)23-9-11-24(12-10-23)38-33(42)47-27-16-14-26(15-17-27)40(43)44/h4-8,13-19,21,23-24,39H,9-12,20H2,1-3H3,(H,38,42)(H2,36,37,41). The minimum Gasteiger partial charge on any atom is -0.410 e. The molecule has 13 nitrogen and oxygen atoms in total. The van der Waals surface area contributed by atoms with Crippen molar-refractivity contribution >= 4 is 44.9 Å². The fourth-order valence-corrected chi connectivity index (χ4v) is 8.32. The molecule has 1 fully saturated rings. The Labute approximate surface area is 288 Å². The van der Waals surface area contributed by atoms with Crippen LogP contribution >= 0.6 is 11.3 Å². The van der Waals surface area contributed by atoms with Crippen LogP contribution in [0.1, 0.15) is 62.9 Å². The molecule has 0 aliphatic heterocycles. The van der Waals surface area contributed by atoms with Crippen LogP contribution in [-0.2, 0) is 16.6 Å². The Balaban J connectivity index is 1.24. The summed E-state index contributed by atoms with van der Waals surface area (Å²) in [5.41, 5.74) is 0.890. The highest BCUT2D eigenvalue weighted by molar-refractivity contribution is 7.89. The lowest BCUT2D eigenvalue weighted by Crippen LogP contribution is -2.40. The molecule has 1 saturated carbocycles. The summed E-state index contributed by atoms with van der Waals surface area (Å²) in [5, 5.41) is 20.1. The highest BCUT2D eigenvalue weighted by atomic mass is 32.2. The molecule has 1 aromatic heterocycles. The molecule has 0 saturated heterocycles. The zero-order chi connectivity index (χ0) is 35.2. The summed E-state index contributed by atoms with van der Waals surface area (Å²) < 4.78 is 35.3. The van der Waals surface area contributed by atoms with E-state index in [1.165, 1.54) is 41.7 Å². The molecule has 4 N–H and O–H groups in total. The van der Waals surface area contributed by atoms with Crippen LogP contribution in [0, 0.1) is 10.1 Å². The van der Waals surface area contributed by atoms with E-state index in [0.29, 0.717) is 35.5 Å². The van der Waals surface area contributed by atoms with Gasteiger partial charge in [-0.05, 0) is 76.3 Å². The molecule has 0 atom stereocenters. The Bertz CT molecular complexity index is 1900. The zero-order valence-electron chi connectivity index (χ0n) is 27.3. The zero-order valence-corrected chi connectivity index (χ0v) is 28.9. The Morgan fingerprint density at radius 1 is 1.00 bits per heavy atom. The first-order valence-electron chi connectivity index (χ1n) is 15.7. The van der Waals surface area contributed by atoms with Crippen molar-refractivity contribution < 1.29 is 27.7 Å². The number of aromatic nitrogens is 1. The quantitative estimate of drug-likeness (QED) is 0.101. The molecular formula is C34H38N6O7S2. The Kier molecular flexibility index (Phi) is 11.0. The van der Waals surface area contributed by atoms with Crippen LogP contribution in [0.5, 0.6) is 5.75 Å². The van der Waals surface area contributed by atoms with Crippen molar-refractivity contribution in [1.29, 1.82) is 0 Å². The number of nitro groups is 1. The van der Waals surface area contributed by atoms with Crippen molar-refractivity contribution in [1.82, 2.24) is 20.3 Å². The number of nitrogens with zero attached hydrogens (tertiary/aromatic N) is 2. The molecule has 0 radical (unpaired) electrons. The second-order valence-corrected chi connectivity index (χ2v) is 15.5. The van der Waals surface area contributed by atoms with E-state index < -0.39 is 32.6 Å². The molecule has 1 heterocycles. The summed E-state index contributed by atoms with van der Waals surface area (Å²) >= 11 is 1.42. The number of ether oxygens (including phenoxy) is 1. The summed E-state index contributed by atoms with van der Waals surface area (Å²) in [4.78, 5) is 40.8. The lowest BCUT2D eigenvalue weighted by molar-refractivity contribution is -0.384.